The number of hydrogen-bond donors (Lipinski definition) is 1. The van der Waals surface area contributed by atoms with Crippen LogP contribution < -0.4 is 5.32 Å². The molecule has 1 heterocycles. The van der Waals surface area contributed by atoms with Gasteiger partial charge in [-0.3, -0.25) is 4.90 Å². The second-order valence-electron chi connectivity index (χ2n) is 5.55. The first-order valence-corrected chi connectivity index (χ1v) is 7.41. The average Bonchev–Trinajstić information content (AvgIpc) is 2.49. The molecule has 0 aliphatic carbocycles. The molecule has 0 aromatic heterocycles. The molecule has 0 radical (unpaired) electrons. The number of nitrogens with zero attached hydrogens (tertiary/aromatic N) is 1. The fourth-order valence-electron chi connectivity index (χ4n) is 3.15. The maximum atomic E-state index is 3.60. The Labute approximate surface area is 121 Å². The van der Waals surface area contributed by atoms with E-state index in [1.807, 2.05) is 0 Å². The topological polar surface area (TPSA) is 15.3 Å². The molecule has 1 aliphatic heterocycles. The Hall–Kier alpha value is -1.64. The summed E-state index contributed by atoms with van der Waals surface area (Å²) < 4.78 is 0. The van der Waals surface area contributed by atoms with Gasteiger partial charge in [0.1, 0.15) is 0 Å². The van der Waals surface area contributed by atoms with Gasteiger partial charge in [-0.25, -0.2) is 0 Å². The first-order chi connectivity index (χ1) is 9.84. The second kappa shape index (κ2) is 6.21. The number of hydrogen-bond acceptors (Lipinski definition) is 2. The van der Waals surface area contributed by atoms with Crippen LogP contribution in [0.5, 0.6) is 0 Å². The van der Waals surface area contributed by atoms with Crippen LogP contribution in [0.3, 0.4) is 0 Å². The van der Waals surface area contributed by atoms with Crippen LogP contribution in [0.15, 0.2) is 60.7 Å². The van der Waals surface area contributed by atoms with Gasteiger partial charge in [-0.1, -0.05) is 60.7 Å². The molecule has 0 amide bonds. The van der Waals surface area contributed by atoms with E-state index in [4.69, 9.17) is 0 Å². The van der Waals surface area contributed by atoms with E-state index in [2.05, 4.69) is 77.8 Å². The summed E-state index contributed by atoms with van der Waals surface area (Å²) in [6.07, 6.45) is 0. The van der Waals surface area contributed by atoms with Crippen LogP contribution in [0.2, 0.25) is 0 Å². The van der Waals surface area contributed by atoms with Crippen LogP contribution >= 0.6 is 0 Å². The highest BCUT2D eigenvalue weighted by molar-refractivity contribution is 5.22. The Morgan fingerprint density at radius 3 is 2.35 bits per heavy atom. The van der Waals surface area contributed by atoms with Gasteiger partial charge in [0.2, 0.25) is 0 Å². The van der Waals surface area contributed by atoms with Crippen molar-refractivity contribution in [2.24, 2.45) is 0 Å². The van der Waals surface area contributed by atoms with Crippen molar-refractivity contribution in [3.63, 3.8) is 0 Å². The quantitative estimate of drug-likeness (QED) is 0.917. The zero-order chi connectivity index (χ0) is 13.8. The number of piperazine rings is 1. The summed E-state index contributed by atoms with van der Waals surface area (Å²) in [6.45, 7) is 5.47. The highest BCUT2D eigenvalue weighted by atomic mass is 15.2. The third-order valence-electron chi connectivity index (χ3n) is 4.10. The Bertz CT molecular complexity index is 524. The van der Waals surface area contributed by atoms with Gasteiger partial charge in [0.15, 0.2) is 0 Å². The number of benzene rings is 2. The van der Waals surface area contributed by atoms with Crippen LogP contribution in [0.25, 0.3) is 0 Å². The van der Waals surface area contributed by atoms with Gasteiger partial charge in [0, 0.05) is 25.7 Å². The summed E-state index contributed by atoms with van der Waals surface area (Å²) >= 11 is 0. The Kier molecular flexibility index (Phi) is 4.14. The average molecular weight is 266 g/mol. The van der Waals surface area contributed by atoms with Gasteiger partial charge in [0.25, 0.3) is 0 Å². The molecule has 20 heavy (non-hydrogen) atoms. The van der Waals surface area contributed by atoms with Crippen molar-refractivity contribution in [2.45, 2.75) is 25.6 Å². The molecule has 2 atom stereocenters. The third kappa shape index (κ3) is 2.92. The van der Waals surface area contributed by atoms with Crippen molar-refractivity contribution in [3.05, 3.63) is 71.8 Å². The summed E-state index contributed by atoms with van der Waals surface area (Å²) in [5.74, 6) is 0. The lowest BCUT2D eigenvalue weighted by Crippen LogP contribution is -2.51. The maximum absolute atomic E-state index is 3.60. The van der Waals surface area contributed by atoms with Gasteiger partial charge in [-0.15, -0.1) is 0 Å². The van der Waals surface area contributed by atoms with Crippen LogP contribution in [0.1, 0.15) is 24.1 Å². The van der Waals surface area contributed by atoms with E-state index < -0.39 is 0 Å². The number of rotatable bonds is 3. The first-order valence-electron chi connectivity index (χ1n) is 7.41. The predicted octanol–water partition coefficient (Wildman–Crippen LogP) is 3.22. The molecular formula is C18H22N2. The molecule has 1 fully saturated rings. The summed E-state index contributed by atoms with van der Waals surface area (Å²) in [4.78, 5) is 2.59. The summed E-state index contributed by atoms with van der Waals surface area (Å²) in [5.41, 5.74) is 2.80. The van der Waals surface area contributed by atoms with Crippen molar-refractivity contribution in [1.82, 2.24) is 10.2 Å². The molecule has 2 aromatic rings. The summed E-state index contributed by atoms with van der Waals surface area (Å²) in [7, 11) is 0. The van der Waals surface area contributed by atoms with Gasteiger partial charge < -0.3 is 5.32 Å². The van der Waals surface area contributed by atoms with E-state index in [0.29, 0.717) is 12.1 Å². The van der Waals surface area contributed by atoms with Crippen molar-refractivity contribution in [2.75, 3.05) is 13.1 Å². The van der Waals surface area contributed by atoms with Crippen molar-refractivity contribution in [3.8, 4) is 0 Å². The monoisotopic (exact) mass is 266 g/mol. The molecule has 104 valence electrons. The molecule has 2 unspecified atom stereocenters. The second-order valence-corrected chi connectivity index (χ2v) is 5.55. The Morgan fingerprint density at radius 2 is 1.65 bits per heavy atom. The lowest BCUT2D eigenvalue weighted by molar-refractivity contribution is 0.118. The normalized spacial score (nSPS) is 23.6. The summed E-state index contributed by atoms with van der Waals surface area (Å²) in [6, 6.07) is 22.5. The largest absolute Gasteiger partial charge is 0.311 e. The van der Waals surface area contributed by atoms with Crippen molar-refractivity contribution >= 4 is 0 Å². The van der Waals surface area contributed by atoms with Crippen LogP contribution in [0.4, 0.5) is 0 Å². The van der Waals surface area contributed by atoms with Gasteiger partial charge in [-0.05, 0) is 18.1 Å². The zero-order valence-electron chi connectivity index (χ0n) is 12.0. The van der Waals surface area contributed by atoms with E-state index in [-0.39, 0.29) is 0 Å². The third-order valence-corrected chi connectivity index (χ3v) is 4.10. The molecule has 1 saturated heterocycles. The van der Waals surface area contributed by atoms with Gasteiger partial charge >= 0.3 is 0 Å². The number of nitrogens with one attached hydrogen (secondary N) is 1. The Balaban J connectivity index is 1.83. The minimum absolute atomic E-state index is 0.449. The zero-order valence-corrected chi connectivity index (χ0v) is 12.0. The van der Waals surface area contributed by atoms with Crippen LogP contribution in [-0.4, -0.2) is 24.0 Å². The standard InChI is InChI=1S/C18H22N2/c1-15-18(17-10-6-3-7-11-17)20(13-12-19-15)14-16-8-4-2-5-9-16/h2-11,15,18-19H,12-14H2,1H3. The van der Waals surface area contributed by atoms with Gasteiger partial charge in [-0.2, -0.15) is 0 Å². The van der Waals surface area contributed by atoms with Crippen LogP contribution in [0, 0.1) is 0 Å². The molecule has 0 spiro atoms. The smallest absolute Gasteiger partial charge is 0.0502 e. The van der Waals surface area contributed by atoms with Crippen molar-refractivity contribution < 1.29 is 0 Å². The lowest BCUT2D eigenvalue weighted by atomic mass is 9.96. The van der Waals surface area contributed by atoms with E-state index in [1.54, 1.807) is 0 Å². The van der Waals surface area contributed by atoms with Crippen molar-refractivity contribution in [1.29, 1.82) is 0 Å². The fourth-order valence-corrected chi connectivity index (χ4v) is 3.15. The predicted molar refractivity (Wildman–Crippen MR) is 83.5 cm³/mol. The van der Waals surface area contributed by atoms with Crippen LogP contribution in [-0.2, 0) is 6.54 Å². The van der Waals surface area contributed by atoms with Gasteiger partial charge in [0.05, 0.1) is 6.04 Å². The van der Waals surface area contributed by atoms with E-state index in [0.717, 1.165) is 19.6 Å². The SMILES string of the molecule is CC1NCCN(Cc2ccccc2)C1c1ccccc1. The minimum Gasteiger partial charge on any atom is -0.311 e. The Morgan fingerprint density at radius 1 is 1.00 bits per heavy atom. The fraction of sp³-hybridized carbons (Fsp3) is 0.333. The lowest BCUT2D eigenvalue weighted by Gasteiger charge is -2.41. The van der Waals surface area contributed by atoms with E-state index >= 15 is 0 Å². The molecule has 2 aromatic carbocycles. The molecule has 0 saturated carbocycles. The molecule has 0 bridgehead atoms. The minimum atomic E-state index is 0.449. The molecule has 1 N–H and O–H groups in total. The molecule has 2 nitrogen and oxygen atoms in total. The molecular weight excluding hydrogens is 244 g/mol. The first kappa shape index (κ1) is 13.3. The molecule has 1 aliphatic rings. The molecule has 2 heteroatoms. The van der Waals surface area contributed by atoms with E-state index in [9.17, 15) is 0 Å². The maximum Gasteiger partial charge on any atom is 0.0502 e. The van der Waals surface area contributed by atoms with E-state index in [1.165, 1.54) is 11.1 Å². The highest BCUT2D eigenvalue weighted by Gasteiger charge is 2.29. The summed E-state index contributed by atoms with van der Waals surface area (Å²) in [5, 5.41) is 3.60. The highest BCUT2D eigenvalue weighted by Crippen LogP contribution is 2.28. The molecule has 3 rings (SSSR count).